The topological polar surface area (TPSA) is 12.0 Å². The summed E-state index contributed by atoms with van der Waals surface area (Å²) < 4.78 is 0. The summed E-state index contributed by atoms with van der Waals surface area (Å²) in [7, 11) is 0. The van der Waals surface area contributed by atoms with Crippen molar-refractivity contribution in [3.05, 3.63) is 21.9 Å². The number of thiophene rings is 1. The molecule has 2 rings (SSSR count). The van der Waals surface area contributed by atoms with Crippen LogP contribution in [0.4, 0.5) is 0 Å². The summed E-state index contributed by atoms with van der Waals surface area (Å²) in [5.41, 5.74) is 1.44. The molecule has 1 N–H and O–H groups in total. The Morgan fingerprint density at radius 3 is 2.88 bits per heavy atom. The van der Waals surface area contributed by atoms with E-state index in [1.807, 2.05) is 11.3 Å². The van der Waals surface area contributed by atoms with Gasteiger partial charge in [0.05, 0.1) is 0 Å². The van der Waals surface area contributed by atoms with Crippen molar-refractivity contribution in [2.75, 3.05) is 0 Å². The maximum atomic E-state index is 3.76. The van der Waals surface area contributed by atoms with E-state index in [0.29, 0.717) is 0 Å². The summed E-state index contributed by atoms with van der Waals surface area (Å²) in [6, 6.07) is 2.94. The molecule has 1 aromatic heterocycles. The molecule has 1 heterocycles. The van der Waals surface area contributed by atoms with Crippen LogP contribution in [0.1, 0.15) is 43.6 Å². The van der Waals surface area contributed by atoms with E-state index in [0.717, 1.165) is 24.4 Å². The first-order valence-corrected chi connectivity index (χ1v) is 7.33. The van der Waals surface area contributed by atoms with Gasteiger partial charge in [-0.25, -0.2) is 0 Å². The molecular formula is C14H23NS. The second-order valence-corrected chi connectivity index (χ2v) is 6.28. The largest absolute Gasteiger partial charge is 0.309 e. The highest BCUT2D eigenvalue weighted by Gasteiger charge is 2.26. The second-order valence-electron chi connectivity index (χ2n) is 5.28. The Balaban J connectivity index is 1.88. The van der Waals surface area contributed by atoms with Crippen LogP contribution >= 0.6 is 11.3 Å². The standard InChI is InChI=1S/C14H23NS/c1-10-5-4-6-13(12(10)3)15-9-14-11(2)7-8-16-14/h7-8,10,12-13,15H,4-6,9H2,1-3H3/t10-,12+,13+/m1/s1. The van der Waals surface area contributed by atoms with Gasteiger partial charge in [-0.2, -0.15) is 0 Å². The van der Waals surface area contributed by atoms with Crippen molar-refractivity contribution < 1.29 is 0 Å². The van der Waals surface area contributed by atoms with Gasteiger partial charge in [-0.15, -0.1) is 11.3 Å². The zero-order valence-electron chi connectivity index (χ0n) is 10.6. The lowest BCUT2D eigenvalue weighted by molar-refractivity contribution is 0.206. The smallest absolute Gasteiger partial charge is 0.0305 e. The average Bonchev–Trinajstić information content (AvgIpc) is 2.67. The van der Waals surface area contributed by atoms with E-state index in [9.17, 15) is 0 Å². The molecule has 0 spiro atoms. The summed E-state index contributed by atoms with van der Waals surface area (Å²) >= 11 is 1.88. The molecule has 3 atom stereocenters. The number of hydrogen-bond donors (Lipinski definition) is 1. The van der Waals surface area contributed by atoms with E-state index in [2.05, 4.69) is 37.5 Å². The van der Waals surface area contributed by atoms with E-state index < -0.39 is 0 Å². The van der Waals surface area contributed by atoms with Crippen LogP contribution in [0.3, 0.4) is 0 Å². The fourth-order valence-corrected chi connectivity index (χ4v) is 3.54. The quantitative estimate of drug-likeness (QED) is 0.838. The highest BCUT2D eigenvalue weighted by Crippen LogP contribution is 2.30. The lowest BCUT2D eigenvalue weighted by atomic mass is 9.78. The minimum atomic E-state index is 0.727. The van der Waals surface area contributed by atoms with Crippen LogP contribution in [0.15, 0.2) is 11.4 Å². The summed E-state index contributed by atoms with van der Waals surface area (Å²) in [4.78, 5) is 1.51. The zero-order chi connectivity index (χ0) is 11.5. The summed E-state index contributed by atoms with van der Waals surface area (Å²) in [6.45, 7) is 8.07. The molecular weight excluding hydrogens is 214 g/mol. The first kappa shape index (κ1) is 12.1. The van der Waals surface area contributed by atoms with E-state index >= 15 is 0 Å². The van der Waals surface area contributed by atoms with E-state index in [1.54, 1.807) is 0 Å². The SMILES string of the molecule is Cc1ccsc1CN[C@H]1CCC[C@@H](C)[C@@H]1C. The van der Waals surface area contributed by atoms with Crippen LogP contribution in [-0.2, 0) is 6.54 Å². The monoisotopic (exact) mass is 237 g/mol. The molecule has 0 aliphatic heterocycles. The molecule has 1 fully saturated rings. The molecule has 0 saturated heterocycles. The molecule has 0 radical (unpaired) electrons. The molecule has 1 aromatic rings. The first-order chi connectivity index (χ1) is 7.68. The van der Waals surface area contributed by atoms with Crippen molar-refractivity contribution in [1.29, 1.82) is 0 Å². The van der Waals surface area contributed by atoms with Crippen LogP contribution < -0.4 is 5.32 Å². The van der Waals surface area contributed by atoms with Crippen molar-refractivity contribution in [1.82, 2.24) is 5.32 Å². The maximum Gasteiger partial charge on any atom is 0.0305 e. The zero-order valence-corrected chi connectivity index (χ0v) is 11.4. The van der Waals surface area contributed by atoms with Crippen molar-refractivity contribution in [2.45, 2.75) is 52.6 Å². The molecule has 16 heavy (non-hydrogen) atoms. The minimum absolute atomic E-state index is 0.727. The molecule has 0 aromatic carbocycles. The predicted octanol–water partition coefficient (Wildman–Crippen LogP) is 3.97. The first-order valence-electron chi connectivity index (χ1n) is 6.45. The van der Waals surface area contributed by atoms with E-state index in [4.69, 9.17) is 0 Å². The van der Waals surface area contributed by atoms with Crippen LogP contribution in [0.25, 0.3) is 0 Å². The highest BCUT2D eigenvalue weighted by atomic mass is 32.1. The van der Waals surface area contributed by atoms with Crippen LogP contribution in [0.2, 0.25) is 0 Å². The van der Waals surface area contributed by atoms with Crippen LogP contribution in [0, 0.1) is 18.8 Å². The van der Waals surface area contributed by atoms with Gasteiger partial charge in [0.2, 0.25) is 0 Å². The second kappa shape index (κ2) is 5.33. The Morgan fingerprint density at radius 1 is 1.38 bits per heavy atom. The van der Waals surface area contributed by atoms with Gasteiger partial charge in [-0.3, -0.25) is 0 Å². The summed E-state index contributed by atoms with van der Waals surface area (Å²) in [6.07, 6.45) is 4.17. The van der Waals surface area contributed by atoms with E-state index in [-0.39, 0.29) is 0 Å². The third-order valence-electron chi connectivity index (χ3n) is 4.20. The Labute approximate surface area is 103 Å². The minimum Gasteiger partial charge on any atom is -0.309 e. The maximum absolute atomic E-state index is 3.76. The molecule has 0 amide bonds. The summed E-state index contributed by atoms with van der Waals surface area (Å²) in [5, 5.41) is 5.95. The van der Waals surface area contributed by atoms with Crippen molar-refractivity contribution in [3.8, 4) is 0 Å². The van der Waals surface area contributed by atoms with Gasteiger partial charge in [0.25, 0.3) is 0 Å². The normalized spacial score (nSPS) is 30.6. The highest BCUT2D eigenvalue weighted by molar-refractivity contribution is 7.10. The van der Waals surface area contributed by atoms with Gasteiger partial charge < -0.3 is 5.32 Å². The summed E-state index contributed by atoms with van der Waals surface area (Å²) in [5.74, 6) is 1.71. The van der Waals surface area contributed by atoms with Gasteiger partial charge in [-0.1, -0.05) is 26.7 Å². The molecule has 0 unspecified atom stereocenters. The fraction of sp³-hybridized carbons (Fsp3) is 0.714. The van der Waals surface area contributed by atoms with Gasteiger partial charge in [0, 0.05) is 17.5 Å². The predicted molar refractivity (Wildman–Crippen MR) is 71.9 cm³/mol. The molecule has 0 bridgehead atoms. The molecule has 1 aliphatic rings. The number of nitrogens with one attached hydrogen (secondary N) is 1. The Bertz CT molecular complexity index is 331. The van der Waals surface area contributed by atoms with Crippen molar-refractivity contribution in [2.24, 2.45) is 11.8 Å². The van der Waals surface area contributed by atoms with E-state index in [1.165, 1.54) is 29.7 Å². The Morgan fingerprint density at radius 2 is 2.19 bits per heavy atom. The lowest BCUT2D eigenvalue weighted by Crippen LogP contribution is -2.40. The molecule has 1 nitrogen and oxygen atoms in total. The number of rotatable bonds is 3. The molecule has 2 heteroatoms. The van der Waals surface area contributed by atoms with Gasteiger partial charge in [0.15, 0.2) is 0 Å². The Hall–Kier alpha value is -0.340. The van der Waals surface area contributed by atoms with Crippen molar-refractivity contribution in [3.63, 3.8) is 0 Å². The third-order valence-corrected chi connectivity index (χ3v) is 5.22. The molecule has 1 aliphatic carbocycles. The lowest BCUT2D eigenvalue weighted by Gasteiger charge is -2.34. The number of aryl methyl sites for hydroxylation is 1. The van der Waals surface area contributed by atoms with Crippen LogP contribution in [0.5, 0.6) is 0 Å². The third kappa shape index (κ3) is 2.67. The van der Waals surface area contributed by atoms with Gasteiger partial charge in [-0.05, 0) is 42.2 Å². The van der Waals surface area contributed by atoms with Gasteiger partial charge >= 0.3 is 0 Å². The number of hydrogen-bond acceptors (Lipinski definition) is 2. The fourth-order valence-electron chi connectivity index (χ4n) is 2.68. The van der Waals surface area contributed by atoms with Crippen molar-refractivity contribution >= 4 is 11.3 Å². The average molecular weight is 237 g/mol. The van der Waals surface area contributed by atoms with Gasteiger partial charge in [0.1, 0.15) is 0 Å². The molecule has 1 saturated carbocycles. The molecule has 90 valence electrons. The Kier molecular flexibility index (Phi) is 4.04. The van der Waals surface area contributed by atoms with Crippen LogP contribution in [-0.4, -0.2) is 6.04 Å².